The number of thioether (sulfide) groups is 1. The minimum Gasteiger partial charge on any atom is -0.316 e. The minimum atomic E-state index is -0.0951. The van der Waals surface area contributed by atoms with E-state index in [-0.39, 0.29) is 11.1 Å². The second-order valence-corrected chi connectivity index (χ2v) is 4.79. The third kappa shape index (κ3) is 3.83. The van der Waals surface area contributed by atoms with Gasteiger partial charge in [-0.2, -0.15) is 0 Å². The molecule has 1 unspecified atom stereocenters. The van der Waals surface area contributed by atoms with Crippen molar-refractivity contribution >= 4 is 22.9 Å². The number of nitrogens with zero attached hydrogens (tertiary/aromatic N) is 1. The fraction of sp³-hybridized carbons (Fsp3) is 0.800. The van der Waals surface area contributed by atoms with Crippen LogP contribution in [0, 0.1) is 5.92 Å². The molecule has 1 heterocycles. The lowest BCUT2D eigenvalue weighted by molar-refractivity contribution is -0.124. The van der Waals surface area contributed by atoms with Gasteiger partial charge < -0.3 is 5.32 Å². The summed E-state index contributed by atoms with van der Waals surface area (Å²) in [6, 6.07) is 0. The molecule has 0 aromatic carbocycles. The molecule has 1 aliphatic heterocycles. The molecule has 0 saturated carbocycles. The highest BCUT2D eigenvalue weighted by Crippen LogP contribution is 2.19. The number of nitrogens with one attached hydrogen (secondary N) is 1. The van der Waals surface area contributed by atoms with Gasteiger partial charge in [0.25, 0.3) is 5.24 Å². The first-order chi connectivity index (χ1) is 7.15. The predicted molar refractivity (Wildman–Crippen MR) is 61.9 cm³/mol. The SMILES string of the molecule is CCCNCC(C)CN1C(=O)CSC1=O. The molecule has 0 aromatic rings. The molecule has 1 aliphatic rings. The summed E-state index contributed by atoms with van der Waals surface area (Å²) < 4.78 is 0. The van der Waals surface area contributed by atoms with Crippen molar-refractivity contribution in [2.45, 2.75) is 20.3 Å². The second kappa shape index (κ2) is 6.12. The van der Waals surface area contributed by atoms with Crippen molar-refractivity contribution in [3.05, 3.63) is 0 Å². The van der Waals surface area contributed by atoms with Crippen LogP contribution in [0.25, 0.3) is 0 Å². The zero-order chi connectivity index (χ0) is 11.3. The van der Waals surface area contributed by atoms with Gasteiger partial charge in [-0.05, 0) is 25.4 Å². The van der Waals surface area contributed by atoms with Gasteiger partial charge in [0.2, 0.25) is 5.91 Å². The summed E-state index contributed by atoms with van der Waals surface area (Å²) in [5, 5.41) is 3.19. The summed E-state index contributed by atoms with van der Waals surface area (Å²) in [7, 11) is 0. The van der Waals surface area contributed by atoms with Crippen molar-refractivity contribution in [1.29, 1.82) is 0 Å². The molecule has 1 saturated heterocycles. The molecule has 15 heavy (non-hydrogen) atoms. The van der Waals surface area contributed by atoms with Crippen LogP contribution in [0.1, 0.15) is 20.3 Å². The molecule has 0 radical (unpaired) electrons. The van der Waals surface area contributed by atoms with Gasteiger partial charge in [-0.3, -0.25) is 14.5 Å². The Morgan fingerprint density at radius 1 is 1.53 bits per heavy atom. The van der Waals surface area contributed by atoms with Gasteiger partial charge in [0, 0.05) is 6.54 Å². The lowest BCUT2D eigenvalue weighted by Gasteiger charge is -2.18. The first-order valence-corrected chi connectivity index (χ1v) is 6.31. The smallest absolute Gasteiger partial charge is 0.288 e. The van der Waals surface area contributed by atoms with Gasteiger partial charge in [-0.25, -0.2) is 0 Å². The fourth-order valence-corrected chi connectivity index (χ4v) is 2.19. The Hall–Kier alpha value is -0.550. The van der Waals surface area contributed by atoms with E-state index in [0.29, 0.717) is 18.2 Å². The maximum absolute atomic E-state index is 11.3. The van der Waals surface area contributed by atoms with Crippen LogP contribution in [0.4, 0.5) is 4.79 Å². The van der Waals surface area contributed by atoms with Crippen LogP contribution in [0.5, 0.6) is 0 Å². The normalized spacial score (nSPS) is 18.7. The molecule has 0 aliphatic carbocycles. The maximum Gasteiger partial charge on any atom is 0.288 e. The standard InChI is InChI=1S/C10H18N2O2S/c1-3-4-11-5-8(2)6-12-9(13)7-15-10(12)14/h8,11H,3-7H2,1-2H3. The van der Waals surface area contributed by atoms with Crippen molar-refractivity contribution in [3.8, 4) is 0 Å². The zero-order valence-corrected chi connectivity index (χ0v) is 10.1. The van der Waals surface area contributed by atoms with E-state index < -0.39 is 0 Å². The summed E-state index contributed by atoms with van der Waals surface area (Å²) >= 11 is 1.10. The Bertz CT molecular complexity index is 230. The second-order valence-electron chi connectivity index (χ2n) is 3.87. The van der Waals surface area contributed by atoms with E-state index in [0.717, 1.165) is 31.3 Å². The van der Waals surface area contributed by atoms with Gasteiger partial charge >= 0.3 is 0 Å². The molecule has 5 heteroatoms. The molecule has 1 N–H and O–H groups in total. The third-order valence-corrected chi connectivity index (χ3v) is 3.11. The van der Waals surface area contributed by atoms with E-state index in [1.165, 1.54) is 4.90 Å². The van der Waals surface area contributed by atoms with Crippen LogP contribution >= 0.6 is 11.8 Å². The number of hydrogen-bond acceptors (Lipinski definition) is 4. The summed E-state index contributed by atoms with van der Waals surface area (Å²) in [6.45, 7) is 6.55. The molecule has 4 nitrogen and oxygen atoms in total. The van der Waals surface area contributed by atoms with E-state index in [9.17, 15) is 9.59 Å². The van der Waals surface area contributed by atoms with Crippen molar-refractivity contribution in [2.24, 2.45) is 5.92 Å². The zero-order valence-electron chi connectivity index (χ0n) is 9.28. The maximum atomic E-state index is 11.3. The molecule has 1 atom stereocenters. The lowest BCUT2D eigenvalue weighted by Crippen LogP contribution is -2.36. The number of rotatable bonds is 6. The van der Waals surface area contributed by atoms with Crippen molar-refractivity contribution in [2.75, 3.05) is 25.4 Å². The van der Waals surface area contributed by atoms with Crippen molar-refractivity contribution in [3.63, 3.8) is 0 Å². The van der Waals surface area contributed by atoms with Crippen LogP contribution < -0.4 is 5.32 Å². The van der Waals surface area contributed by atoms with E-state index >= 15 is 0 Å². The van der Waals surface area contributed by atoms with Gasteiger partial charge in [0.1, 0.15) is 0 Å². The van der Waals surface area contributed by atoms with Crippen LogP contribution in [0.2, 0.25) is 0 Å². The van der Waals surface area contributed by atoms with Gasteiger partial charge in [-0.15, -0.1) is 0 Å². The van der Waals surface area contributed by atoms with Gasteiger partial charge in [-0.1, -0.05) is 25.6 Å². The average molecular weight is 230 g/mol. The topological polar surface area (TPSA) is 49.4 Å². The Kier molecular flexibility index (Phi) is 5.11. The molecular weight excluding hydrogens is 212 g/mol. The molecule has 1 fully saturated rings. The van der Waals surface area contributed by atoms with Crippen LogP contribution in [0.3, 0.4) is 0 Å². The Morgan fingerprint density at radius 2 is 2.27 bits per heavy atom. The summed E-state index contributed by atoms with van der Waals surface area (Å²) in [5.74, 6) is 0.587. The molecule has 2 amide bonds. The molecule has 1 rings (SSSR count). The summed E-state index contributed by atoms with van der Waals surface area (Å²) in [6.07, 6.45) is 1.10. The van der Waals surface area contributed by atoms with Crippen LogP contribution in [-0.2, 0) is 4.79 Å². The van der Waals surface area contributed by atoms with E-state index in [1.54, 1.807) is 0 Å². The first-order valence-electron chi connectivity index (χ1n) is 5.33. The summed E-state index contributed by atoms with van der Waals surface area (Å²) in [5.41, 5.74) is 0. The van der Waals surface area contributed by atoms with Crippen molar-refractivity contribution in [1.82, 2.24) is 10.2 Å². The van der Waals surface area contributed by atoms with E-state index in [4.69, 9.17) is 0 Å². The van der Waals surface area contributed by atoms with Crippen LogP contribution in [-0.4, -0.2) is 41.4 Å². The molecule has 86 valence electrons. The number of amides is 2. The number of carbonyl (C=O) groups is 2. The third-order valence-electron chi connectivity index (χ3n) is 2.25. The van der Waals surface area contributed by atoms with E-state index in [1.807, 2.05) is 6.92 Å². The Labute approximate surface area is 94.8 Å². The highest BCUT2D eigenvalue weighted by molar-refractivity contribution is 8.14. The Morgan fingerprint density at radius 3 is 2.80 bits per heavy atom. The minimum absolute atomic E-state index is 0.0488. The number of hydrogen-bond donors (Lipinski definition) is 1. The van der Waals surface area contributed by atoms with Crippen molar-refractivity contribution < 1.29 is 9.59 Å². The highest BCUT2D eigenvalue weighted by Gasteiger charge is 2.30. The highest BCUT2D eigenvalue weighted by atomic mass is 32.2. The van der Waals surface area contributed by atoms with Crippen LogP contribution in [0.15, 0.2) is 0 Å². The average Bonchev–Trinajstić information content (AvgIpc) is 2.50. The van der Waals surface area contributed by atoms with Gasteiger partial charge in [0.05, 0.1) is 5.75 Å². The first kappa shape index (κ1) is 12.5. The molecular formula is C10H18N2O2S. The Balaban J connectivity index is 2.27. The quantitative estimate of drug-likeness (QED) is 0.699. The van der Waals surface area contributed by atoms with Gasteiger partial charge in [0.15, 0.2) is 0 Å². The summed E-state index contributed by atoms with van der Waals surface area (Å²) in [4.78, 5) is 24.0. The number of carbonyl (C=O) groups excluding carboxylic acids is 2. The fourth-order valence-electron chi connectivity index (χ4n) is 1.46. The molecule has 0 aromatic heterocycles. The van der Waals surface area contributed by atoms with E-state index in [2.05, 4.69) is 12.2 Å². The molecule has 0 bridgehead atoms. The lowest BCUT2D eigenvalue weighted by atomic mass is 10.1. The predicted octanol–water partition coefficient (Wildman–Crippen LogP) is 1.32. The number of imide groups is 1. The monoisotopic (exact) mass is 230 g/mol. The molecule has 0 spiro atoms. The largest absolute Gasteiger partial charge is 0.316 e.